The van der Waals surface area contributed by atoms with Gasteiger partial charge in [-0.3, -0.25) is 4.98 Å². The molecule has 0 saturated carbocycles. The predicted molar refractivity (Wildman–Crippen MR) is 97.7 cm³/mol. The van der Waals surface area contributed by atoms with Gasteiger partial charge in [-0.15, -0.1) is 10.2 Å². The lowest BCUT2D eigenvalue weighted by Gasteiger charge is -2.03. The molecule has 7 heteroatoms. The molecule has 3 aromatic heterocycles. The quantitative estimate of drug-likeness (QED) is 0.482. The first-order valence-electron chi connectivity index (χ1n) is 7.30. The van der Waals surface area contributed by atoms with E-state index in [0.717, 1.165) is 37.9 Å². The Bertz CT molecular complexity index is 969. The monoisotopic (exact) mass is 397 g/mol. The lowest BCUT2D eigenvalue weighted by Crippen LogP contribution is -1.96. The van der Waals surface area contributed by atoms with Gasteiger partial charge in [0.2, 0.25) is 5.16 Å². The summed E-state index contributed by atoms with van der Waals surface area (Å²) in [5, 5.41) is 13.9. The molecule has 0 aliphatic heterocycles. The van der Waals surface area contributed by atoms with Crippen molar-refractivity contribution in [3.05, 3.63) is 71.0 Å². The highest BCUT2D eigenvalue weighted by Crippen LogP contribution is 2.24. The number of nitrogens with zero attached hydrogens (tertiary/aromatic N) is 5. The summed E-state index contributed by atoms with van der Waals surface area (Å²) in [7, 11) is 0. The first-order chi connectivity index (χ1) is 11.8. The van der Waals surface area contributed by atoms with Crippen molar-refractivity contribution in [1.82, 2.24) is 24.8 Å². The SMILES string of the molecule is Brc1ccc(-c2ccc3nnc(SCc4cccnc4)n3n2)cc1. The van der Waals surface area contributed by atoms with Crippen LogP contribution in [0.25, 0.3) is 16.9 Å². The minimum absolute atomic E-state index is 0.740. The number of fused-ring (bicyclic) bond motifs is 1. The van der Waals surface area contributed by atoms with Gasteiger partial charge < -0.3 is 0 Å². The van der Waals surface area contributed by atoms with Crippen molar-refractivity contribution < 1.29 is 0 Å². The molecule has 24 heavy (non-hydrogen) atoms. The Morgan fingerprint density at radius 2 is 1.88 bits per heavy atom. The fourth-order valence-electron chi connectivity index (χ4n) is 2.27. The van der Waals surface area contributed by atoms with E-state index in [2.05, 4.69) is 36.2 Å². The number of hydrogen-bond acceptors (Lipinski definition) is 5. The molecule has 118 valence electrons. The molecule has 0 N–H and O–H groups in total. The Kier molecular flexibility index (Phi) is 4.27. The Balaban J connectivity index is 1.64. The molecule has 0 spiro atoms. The molecule has 0 aliphatic rings. The van der Waals surface area contributed by atoms with Gasteiger partial charge in [0.15, 0.2) is 5.65 Å². The number of thioether (sulfide) groups is 1. The number of aromatic nitrogens is 5. The Morgan fingerprint density at radius 3 is 2.67 bits per heavy atom. The third-order valence-electron chi connectivity index (χ3n) is 3.46. The third kappa shape index (κ3) is 3.18. The Hall–Kier alpha value is -2.25. The molecule has 0 saturated heterocycles. The van der Waals surface area contributed by atoms with E-state index in [9.17, 15) is 0 Å². The summed E-state index contributed by atoms with van der Waals surface area (Å²) in [5.41, 5.74) is 3.82. The highest BCUT2D eigenvalue weighted by atomic mass is 79.9. The average Bonchev–Trinajstić information content (AvgIpc) is 3.04. The normalized spacial score (nSPS) is 11.0. The second kappa shape index (κ2) is 6.70. The van der Waals surface area contributed by atoms with Gasteiger partial charge in [0, 0.05) is 28.2 Å². The van der Waals surface area contributed by atoms with E-state index in [4.69, 9.17) is 0 Å². The maximum atomic E-state index is 4.69. The van der Waals surface area contributed by atoms with Crippen LogP contribution in [-0.4, -0.2) is 24.8 Å². The lowest BCUT2D eigenvalue weighted by molar-refractivity contribution is 0.813. The molecule has 0 unspecified atom stereocenters. The fraction of sp³-hybridized carbons (Fsp3) is 0.0588. The number of halogens is 1. The lowest BCUT2D eigenvalue weighted by atomic mass is 10.1. The van der Waals surface area contributed by atoms with Crippen molar-refractivity contribution in [2.75, 3.05) is 0 Å². The van der Waals surface area contributed by atoms with Gasteiger partial charge in [-0.1, -0.05) is 45.9 Å². The largest absolute Gasteiger partial charge is 0.264 e. The second-order valence-electron chi connectivity index (χ2n) is 5.13. The third-order valence-corrected chi connectivity index (χ3v) is 4.98. The van der Waals surface area contributed by atoms with Gasteiger partial charge in [0.05, 0.1) is 5.69 Å². The molecule has 3 heterocycles. The zero-order chi connectivity index (χ0) is 16.4. The van der Waals surface area contributed by atoms with E-state index >= 15 is 0 Å². The van der Waals surface area contributed by atoms with E-state index in [1.54, 1.807) is 22.5 Å². The molecule has 0 atom stereocenters. The van der Waals surface area contributed by atoms with Gasteiger partial charge in [-0.05, 0) is 35.9 Å². The van der Waals surface area contributed by atoms with E-state index < -0.39 is 0 Å². The molecule has 4 aromatic rings. The van der Waals surface area contributed by atoms with Crippen LogP contribution in [0.15, 0.2) is 70.6 Å². The minimum atomic E-state index is 0.740. The van der Waals surface area contributed by atoms with E-state index in [0.29, 0.717) is 0 Å². The van der Waals surface area contributed by atoms with E-state index in [1.165, 1.54) is 0 Å². The molecule has 5 nitrogen and oxygen atoms in total. The number of pyridine rings is 1. The summed E-state index contributed by atoms with van der Waals surface area (Å²) >= 11 is 5.05. The minimum Gasteiger partial charge on any atom is -0.264 e. The van der Waals surface area contributed by atoms with Gasteiger partial charge in [-0.25, -0.2) is 0 Å². The molecule has 0 aliphatic carbocycles. The van der Waals surface area contributed by atoms with Crippen LogP contribution in [0.2, 0.25) is 0 Å². The fourth-order valence-corrected chi connectivity index (χ4v) is 3.35. The van der Waals surface area contributed by atoms with Crippen LogP contribution in [-0.2, 0) is 5.75 Å². The molecular formula is C17H12BrN5S. The first kappa shape index (κ1) is 15.3. The summed E-state index contributed by atoms with van der Waals surface area (Å²) in [6, 6.07) is 16.0. The van der Waals surface area contributed by atoms with Gasteiger partial charge in [0.25, 0.3) is 0 Å². The van der Waals surface area contributed by atoms with Crippen molar-refractivity contribution in [2.45, 2.75) is 10.9 Å². The summed E-state index contributed by atoms with van der Waals surface area (Å²) in [5.74, 6) is 0.777. The van der Waals surface area contributed by atoms with Crippen molar-refractivity contribution in [3.8, 4) is 11.3 Å². The van der Waals surface area contributed by atoms with E-state index in [-0.39, 0.29) is 0 Å². The van der Waals surface area contributed by atoms with Crippen molar-refractivity contribution in [3.63, 3.8) is 0 Å². The second-order valence-corrected chi connectivity index (χ2v) is 6.99. The summed E-state index contributed by atoms with van der Waals surface area (Å²) in [4.78, 5) is 4.13. The molecule has 0 radical (unpaired) electrons. The van der Waals surface area contributed by atoms with Crippen molar-refractivity contribution >= 4 is 33.3 Å². The standard InChI is InChI=1S/C17H12BrN5S/c18-14-5-3-13(4-6-14)15-7-8-16-20-21-17(23(16)22-15)24-11-12-2-1-9-19-10-12/h1-10H,11H2. The van der Waals surface area contributed by atoms with E-state index in [1.807, 2.05) is 54.7 Å². The van der Waals surface area contributed by atoms with Crippen molar-refractivity contribution in [1.29, 1.82) is 0 Å². The van der Waals surface area contributed by atoms with Crippen LogP contribution >= 0.6 is 27.7 Å². The van der Waals surface area contributed by atoms with Crippen LogP contribution in [0.4, 0.5) is 0 Å². The van der Waals surface area contributed by atoms with Crippen LogP contribution in [0.3, 0.4) is 0 Å². The molecule has 0 bridgehead atoms. The van der Waals surface area contributed by atoms with Gasteiger partial charge >= 0.3 is 0 Å². The molecule has 0 fully saturated rings. The zero-order valence-electron chi connectivity index (χ0n) is 12.5. The van der Waals surface area contributed by atoms with Crippen LogP contribution in [0.5, 0.6) is 0 Å². The Labute approximate surface area is 151 Å². The predicted octanol–water partition coefficient (Wildman–Crippen LogP) is 4.24. The van der Waals surface area contributed by atoms with Crippen LogP contribution < -0.4 is 0 Å². The van der Waals surface area contributed by atoms with Crippen molar-refractivity contribution in [2.24, 2.45) is 0 Å². The maximum absolute atomic E-state index is 4.69. The molecule has 4 rings (SSSR count). The molecule has 1 aromatic carbocycles. The average molecular weight is 398 g/mol. The van der Waals surface area contributed by atoms with Gasteiger partial charge in [-0.2, -0.15) is 9.61 Å². The first-order valence-corrected chi connectivity index (χ1v) is 9.07. The highest BCUT2D eigenvalue weighted by Gasteiger charge is 2.09. The topological polar surface area (TPSA) is 56.0 Å². The van der Waals surface area contributed by atoms with Crippen LogP contribution in [0, 0.1) is 0 Å². The van der Waals surface area contributed by atoms with Gasteiger partial charge in [0.1, 0.15) is 0 Å². The Morgan fingerprint density at radius 1 is 1.00 bits per heavy atom. The van der Waals surface area contributed by atoms with Crippen LogP contribution in [0.1, 0.15) is 5.56 Å². The highest BCUT2D eigenvalue weighted by molar-refractivity contribution is 9.10. The summed E-state index contributed by atoms with van der Waals surface area (Å²) in [6.07, 6.45) is 3.63. The smallest absolute Gasteiger partial charge is 0.212 e. The number of rotatable bonds is 4. The summed E-state index contributed by atoms with van der Waals surface area (Å²) < 4.78 is 2.84. The number of hydrogen-bond donors (Lipinski definition) is 0. The summed E-state index contributed by atoms with van der Waals surface area (Å²) in [6.45, 7) is 0. The molecule has 0 amide bonds. The molecular weight excluding hydrogens is 386 g/mol. The maximum Gasteiger partial charge on any atom is 0.212 e. The number of benzene rings is 1. The zero-order valence-corrected chi connectivity index (χ0v) is 14.9.